The fourth-order valence-electron chi connectivity index (χ4n) is 1.77. The summed E-state index contributed by atoms with van der Waals surface area (Å²) in [5.41, 5.74) is 6.97. The first-order valence-electron chi connectivity index (χ1n) is 5.90. The van der Waals surface area contributed by atoms with E-state index in [1.165, 1.54) is 0 Å². The maximum Gasteiger partial charge on any atom is 0.0522 e. The van der Waals surface area contributed by atoms with E-state index in [-0.39, 0.29) is 6.04 Å². The van der Waals surface area contributed by atoms with Crippen molar-refractivity contribution >= 4 is 46.1 Å². The van der Waals surface area contributed by atoms with Gasteiger partial charge in [0.15, 0.2) is 0 Å². The molecule has 1 aromatic heterocycles. The Hall–Kier alpha value is -0.250. The van der Waals surface area contributed by atoms with Crippen molar-refractivity contribution in [3.8, 4) is 10.4 Å². The van der Waals surface area contributed by atoms with Crippen LogP contribution in [-0.4, -0.2) is 0 Å². The first-order valence-corrected chi connectivity index (χ1v) is 7.85. The fraction of sp³-hybridized carbons (Fsp3) is 0.286. The summed E-state index contributed by atoms with van der Waals surface area (Å²) in [6.07, 6.45) is 0. The Morgan fingerprint density at radius 3 is 2.16 bits per heavy atom. The zero-order valence-electron chi connectivity index (χ0n) is 10.6. The summed E-state index contributed by atoms with van der Waals surface area (Å²) in [4.78, 5) is 2.14. The van der Waals surface area contributed by atoms with Crippen LogP contribution in [0.4, 0.5) is 0 Å². The standard InChI is InChI=1S/C14H14Cl3NS/c1-7(2)14(18)12-4-3-11(19-12)13-9(16)5-8(15)6-10(13)17/h3-7,14H,18H2,1-2H3. The molecule has 2 N–H and O–H groups in total. The molecule has 0 radical (unpaired) electrons. The number of benzene rings is 1. The molecule has 1 unspecified atom stereocenters. The zero-order chi connectivity index (χ0) is 14.2. The SMILES string of the molecule is CC(C)C(N)c1ccc(-c2c(Cl)cc(Cl)cc2Cl)s1. The minimum absolute atomic E-state index is 0.0311. The molecule has 0 saturated heterocycles. The van der Waals surface area contributed by atoms with Gasteiger partial charge in [0, 0.05) is 26.4 Å². The minimum atomic E-state index is 0.0311. The molecule has 1 aromatic carbocycles. The third-order valence-electron chi connectivity index (χ3n) is 2.93. The molecule has 1 atom stereocenters. The molecule has 1 heterocycles. The highest BCUT2D eigenvalue weighted by Crippen LogP contribution is 2.41. The van der Waals surface area contributed by atoms with Gasteiger partial charge in [-0.15, -0.1) is 11.3 Å². The van der Waals surface area contributed by atoms with Gasteiger partial charge >= 0.3 is 0 Å². The van der Waals surface area contributed by atoms with Crippen molar-refractivity contribution in [2.45, 2.75) is 19.9 Å². The van der Waals surface area contributed by atoms with Crippen LogP contribution in [0.3, 0.4) is 0 Å². The van der Waals surface area contributed by atoms with E-state index in [0.29, 0.717) is 21.0 Å². The first-order chi connectivity index (χ1) is 8.90. The molecule has 0 amide bonds. The van der Waals surface area contributed by atoms with Crippen molar-refractivity contribution in [3.05, 3.63) is 44.2 Å². The number of thiophene rings is 1. The molecule has 0 aliphatic heterocycles. The lowest BCUT2D eigenvalue weighted by Gasteiger charge is -2.13. The predicted octanol–water partition coefficient (Wildman–Crippen LogP) is 6.03. The average molecular weight is 335 g/mol. The van der Waals surface area contributed by atoms with Crippen LogP contribution in [0.2, 0.25) is 15.1 Å². The second-order valence-electron chi connectivity index (χ2n) is 4.72. The largest absolute Gasteiger partial charge is 0.323 e. The molecule has 0 saturated carbocycles. The first kappa shape index (κ1) is 15.1. The summed E-state index contributed by atoms with van der Waals surface area (Å²) >= 11 is 20.0. The zero-order valence-corrected chi connectivity index (χ0v) is 13.7. The average Bonchev–Trinajstić information content (AvgIpc) is 2.75. The Morgan fingerprint density at radius 1 is 1.05 bits per heavy atom. The van der Waals surface area contributed by atoms with Gasteiger partial charge in [0.1, 0.15) is 0 Å². The van der Waals surface area contributed by atoms with Crippen molar-refractivity contribution in [1.29, 1.82) is 0 Å². The molecule has 1 nitrogen and oxygen atoms in total. The number of hydrogen-bond acceptors (Lipinski definition) is 2. The second kappa shape index (κ2) is 6.02. The van der Waals surface area contributed by atoms with Crippen LogP contribution in [0.5, 0.6) is 0 Å². The van der Waals surface area contributed by atoms with Crippen LogP contribution in [0, 0.1) is 5.92 Å². The Kier molecular flexibility index (Phi) is 4.80. The van der Waals surface area contributed by atoms with Crippen molar-refractivity contribution in [3.63, 3.8) is 0 Å². The third-order valence-corrected chi connectivity index (χ3v) is 4.95. The van der Waals surface area contributed by atoms with Gasteiger partial charge in [-0.2, -0.15) is 0 Å². The topological polar surface area (TPSA) is 26.0 Å². The van der Waals surface area contributed by atoms with Gasteiger partial charge < -0.3 is 5.73 Å². The summed E-state index contributed by atoms with van der Waals surface area (Å²) in [6.45, 7) is 4.21. The Morgan fingerprint density at radius 2 is 1.63 bits per heavy atom. The van der Waals surface area contributed by atoms with Gasteiger partial charge in [-0.1, -0.05) is 48.7 Å². The fourth-order valence-corrected chi connectivity index (χ4v) is 4.16. The van der Waals surface area contributed by atoms with Crippen molar-refractivity contribution in [2.75, 3.05) is 0 Å². The lowest BCUT2D eigenvalue weighted by molar-refractivity contribution is 0.521. The van der Waals surface area contributed by atoms with E-state index in [0.717, 1.165) is 15.3 Å². The van der Waals surface area contributed by atoms with Crippen molar-refractivity contribution < 1.29 is 0 Å². The van der Waals surface area contributed by atoms with Crippen LogP contribution in [-0.2, 0) is 0 Å². The Balaban J connectivity index is 2.44. The highest BCUT2D eigenvalue weighted by atomic mass is 35.5. The number of halogens is 3. The molecular formula is C14H14Cl3NS. The van der Waals surface area contributed by atoms with E-state index >= 15 is 0 Å². The van der Waals surface area contributed by atoms with Crippen LogP contribution in [0.25, 0.3) is 10.4 Å². The Labute approximate surface area is 132 Å². The van der Waals surface area contributed by atoms with Gasteiger partial charge in [-0.3, -0.25) is 0 Å². The van der Waals surface area contributed by atoms with E-state index in [4.69, 9.17) is 40.5 Å². The lowest BCUT2D eigenvalue weighted by atomic mass is 10.0. The van der Waals surface area contributed by atoms with E-state index in [1.807, 2.05) is 12.1 Å². The molecule has 0 bridgehead atoms. The molecule has 0 fully saturated rings. The van der Waals surface area contributed by atoms with Crippen molar-refractivity contribution in [2.24, 2.45) is 11.7 Å². The summed E-state index contributed by atoms with van der Waals surface area (Å²) in [6, 6.07) is 7.47. The number of nitrogens with two attached hydrogens (primary N) is 1. The summed E-state index contributed by atoms with van der Waals surface area (Å²) in [5, 5.41) is 1.66. The van der Waals surface area contributed by atoms with E-state index in [1.54, 1.807) is 23.5 Å². The summed E-state index contributed by atoms with van der Waals surface area (Å²) in [7, 11) is 0. The summed E-state index contributed by atoms with van der Waals surface area (Å²) in [5.74, 6) is 0.391. The quantitative estimate of drug-likeness (QED) is 0.728. The maximum atomic E-state index is 6.23. The molecule has 2 aromatic rings. The minimum Gasteiger partial charge on any atom is -0.323 e. The highest BCUT2D eigenvalue weighted by Gasteiger charge is 2.16. The van der Waals surface area contributed by atoms with Crippen molar-refractivity contribution in [1.82, 2.24) is 0 Å². The molecule has 0 aliphatic carbocycles. The molecule has 0 aliphatic rings. The second-order valence-corrected chi connectivity index (χ2v) is 7.08. The van der Waals surface area contributed by atoms with Gasteiger partial charge in [0.2, 0.25) is 0 Å². The highest BCUT2D eigenvalue weighted by molar-refractivity contribution is 7.15. The summed E-state index contributed by atoms with van der Waals surface area (Å²) < 4.78 is 0. The van der Waals surface area contributed by atoms with Gasteiger partial charge in [0.05, 0.1) is 10.0 Å². The van der Waals surface area contributed by atoms with E-state index in [2.05, 4.69) is 13.8 Å². The molecule has 0 spiro atoms. The molecule has 19 heavy (non-hydrogen) atoms. The predicted molar refractivity (Wildman–Crippen MR) is 86.6 cm³/mol. The number of hydrogen-bond donors (Lipinski definition) is 1. The van der Waals surface area contributed by atoms with E-state index < -0.39 is 0 Å². The molecular weight excluding hydrogens is 321 g/mol. The molecule has 2 rings (SSSR count). The van der Waals surface area contributed by atoms with E-state index in [9.17, 15) is 0 Å². The van der Waals surface area contributed by atoms with Gasteiger partial charge in [0.25, 0.3) is 0 Å². The maximum absolute atomic E-state index is 6.23. The van der Waals surface area contributed by atoms with Gasteiger partial charge in [-0.05, 0) is 30.2 Å². The van der Waals surface area contributed by atoms with Gasteiger partial charge in [-0.25, -0.2) is 0 Å². The normalized spacial score (nSPS) is 13.0. The smallest absolute Gasteiger partial charge is 0.0522 e. The Bertz CT molecular complexity index is 569. The van der Waals surface area contributed by atoms with Crippen LogP contribution >= 0.6 is 46.1 Å². The third kappa shape index (κ3) is 3.26. The molecule has 5 heteroatoms. The number of rotatable bonds is 3. The van der Waals surface area contributed by atoms with Crippen LogP contribution in [0.1, 0.15) is 24.8 Å². The monoisotopic (exact) mass is 333 g/mol. The lowest BCUT2D eigenvalue weighted by Crippen LogP contribution is -2.14. The molecule has 102 valence electrons. The van der Waals surface area contributed by atoms with Crippen LogP contribution < -0.4 is 5.73 Å². The van der Waals surface area contributed by atoms with Crippen LogP contribution in [0.15, 0.2) is 24.3 Å².